The van der Waals surface area contributed by atoms with Crippen LogP contribution >= 0.6 is 22.0 Å². The molecule has 0 unspecified atom stereocenters. The molecule has 0 atom stereocenters. The molecule has 0 amide bonds. The average Bonchev–Trinajstić information content (AvgIpc) is 2.89. The fourth-order valence-electron chi connectivity index (χ4n) is 1.65. The summed E-state index contributed by atoms with van der Waals surface area (Å²) in [6.07, 6.45) is 1.34. The van der Waals surface area contributed by atoms with Crippen molar-refractivity contribution in [3.63, 3.8) is 0 Å². The summed E-state index contributed by atoms with van der Waals surface area (Å²) in [6.45, 7) is 2.49. The van der Waals surface area contributed by atoms with E-state index in [1.54, 1.807) is 15.9 Å². The summed E-state index contributed by atoms with van der Waals surface area (Å²) in [5.74, 6) is 0.620. The molecule has 98 valence electrons. The Bertz CT molecular complexity index is 620. The number of halogens is 1. The van der Waals surface area contributed by atoms with E-state index < -0.39 is 9.05 Å². The Morgan fingerprint density at radius 3 is 2.78 bits per heavy atom. The van der Waals surface area contributed by atoms with Crippen LogP contribution in [-0.2, 0) is 22.0 Å². The van der Waals surface area contributed by atoms with E-state index in [4.69, 9.17) is 10.7 Å². The van der Waals surface area contributed by atoms with Crippen LogP contribution in [0, 0.1) is 0 Å². The lowest BCUT2D eigenvalue weighted by Gasteiger charge is -2.06. The van der Waals surface area contributed by atoms with Crippen molar-refractivity contribution in [3.05, 3.63) is 28.2 Å². The van der Waals surface area contributed by atoms with E-state index >= 15 is 0 Å². The first-order valence-electron chi connectivity index (χ1n) is 5.40. The van der Waals surface area contributed by atoms with Gasteiger partial charge in [0.2, 0.25) is 0 Å². The Balaban J connectivity index is 2.39. The van der Waals surface area contributed by atoms with Gasteiger partial charge in [0.05, 0.1) is 0 Å². The fraction of sp³-hybridized carbons (Fsp3) is 0.400. The zero-order chi connectivity index (χ0) is 13.2. The molecule has 8 heteroatoms. The maximum absolute atomic E-state index is 11.4. The molecule has 0 fully saturated rings. The van der Waals surface area contributed by atoms with Gasteiger partial charge in [-0.25, -0.2) is 8.42 Å². The molecule has 0 aliphatic carbocycles. The summed E-state index contributed by atoms with van der Waals surface area (Å²) >= 11 is 1.59. The number of thiophene rings is 1. The summed E-state index contributed by atoms with van der Waals surface area (Å²) < 4.78 is 24.3. The van der Waals surface area contributed by atoms with Crippen molar-refractivity contribution in [1.82, 2.24) is 14.8 Å². The summed E-state index contributed by atoms with van der Waals surface area (Å²) in [5, 5.41) is 11.4. The van der Waals surface area contributed by atoms with Gasteiger partial charge in [-0.2, -0.15) is 11.3 Å². The first-order chi connectivity index (χ1) is 8.52. The van der Waals surface area contributed by atoms with Crippen molar-refractivity contribution >= 4 is 31.1 Å². The van der Waals surface area contributed by atoms with Crippen LogP contribution in [0.4, 0.5) is 0 Å². The van der Waals surface area contributed by atoms with Gasteiger partial charge in [-0.3, -0.25) is 0 Å². The Morgan fingerprint density at radius 2 is 2.22 bits per heavy atom. The van der Waals surface area contributed by atoms with Gasteiger partial charge in [0, 0.05) is 23.6 Å². The van der Waals surface area contributed by atoms with Gasteiger partial charge in [0.15, 0.2) is 0 Å². The van der Waals surface area contributed by atoms with Gasteiger partial charge in [0.25, 0.3) is 14.2 Å². The molecule has 0 radical (unpaired) electrons. The van der Waals surface area contributed by atoms with Crippen molar-refractivity contribution in [1.29, 1.82) is 0 Å². The predicted octanol–water partition coefficient (Wildman–Crippen LogP) is 2.27. The highest BCUT2D eigenvalue weighted by molar-refractivity contribution is 8.13. The number of hydrogen-bond donors (Lipinski definition) is 0. The standard InChI is InChI=1S/C10H12ClN3O2S2/c1-2-4-14-9(6-8-3-5-17-7-8)12-13-10(14)18(11,15)16/h3,5,7H,2,4,6H2,1H3. The van der Waals surface area contributed by atoms with Crippen LogP contribution in [0.3, 0.4) is 0 Å². The molecule has 0 saturated heterocycles. The van der Waals surface area contributed by atoms with E-state index in [0.29, 0.717) is 18.8 Å². The number of aromatic nitrogens is 3. The van der Waals surface area contributed by atoms with Gasteiger partial charge in [-0.15, -0.1) is 10.2 Å². The minimum atomic E-state index is -3.85. The molecule has 2 rings (SSSR count). The van der Waals surface area contributed by atoms with E-state index in [-0.39, 0.29) is 5.16 Å². The van der Waals surface area contributed by atoms with Crippen LogP contribution < -0.4 is 0 Å². The van der Waals surface area contributed by atoms with E-state index in [9.17, 15) is 8.42 Å². The normalized spacial score (nSPS) is 11.9. The molecule has 0 spiro atoms. The molecule has 0 saturated carbocycles. The molecule has 0 aliphatic heterocycles. The SMILES string of the molecule is CCCn1c(Cc2ccsc2)nnc1S(=O)(=O)Cl. The first kappa shape index (κ1) is 13.5. The van der Waals surface area contributed by atoms with Crippen molar-refractivity contribution in [3.8, 4) is 0 Å². The third-order valence-electron chi connectivity index (χ3n) is 2.40. The Kier molecular flexibility index (Phi) is 4.04. The molecule has 0 bridgehead atoms. The van der Waals surface area contributed by atoms with E-state index in [1.807, 2.05) is 23.8 Å². The molecule has 5 nitrogen and oxygen atoms in total. The molecule has 2 heterocycles. The predicted molar refractivity (Wildman–Crippen MR) is 70.5 cm³/mol. The molecule has 0 aliphatic rings. The van der Waals surface area contributed by atoms with Crippen molar-refractivity contribution in [2.75, 3.05) is 0 Å². The van der Waals surface area contributed by atoms with Crippen LogP contribution in [0.25, 0.3) is 0 Å². The zero-order valence-corrected chi connectivity index (χ0v) is 12.1. The first-order valence-corrected chi connectivity index (χ1v) is 8.65. The summed E-state index contributed by atoms with van der Waals surface area (Å²) in [4.78, 5) is 0. The highest BCUT2D eigenvalue weighted by Gasteiger charge is 2.22. The highest BCUT2D eigenvalue weighted by Crippen LogP contribution is 2.18. The monoisotopic (exact) mass is 305 g/mol. The molecule has 0 aromatic carbocycles. The van der Waals surface area contributed by atoms with Gasteiger partial charge in [0.1, 0.15) is 5.82 Å². The second-order valence-corrected chi connectivity index (χ2v) is 7.04. The van der Waals surface area contributed by atoms with Crippen LogP contribution in [0.2, 0.25) is 0 Å². The van der Waals surface area contributed by atoms with Gasteiger partial charge >= 0.3 is 0 Å². The third-order valence-corrected chi connectivity index (χ3v) is 4.29. The number of rotatable bonds is 5. The lowest BCUT2D eigenvalue weighted by Crippen LogP contribution is -2.09. The minimum absolute atomic E-state index is 0.170. The average molecular weight is 306 g/mol. The van der Waals surface area contributed by atoms with Crippen LogP contribution in [0.5, 0.6) is 0 Å². The Labute approximate surface area is 114 Å². The van der Waals surface area contributed by atoms with Gasteiger partial charge < -0.3 is 4.57 Å². The Morgan fingerprint density at radius 1 is 1.44 bits per heavy atom. The smallest absolute Gasteiger partial charge is 0.296 e. The van der Waals surface area contributed by atoms with Crippen molar-refractivity contribution < 1.29 is 8.42 Å². The minimum Gasteiger partial charge on any atom is -0.301 e. The summed E-state index contributed by atoms with van der Waals surface area (Å²) in [5.41, 5.74) is 1.09. The van der Waals surface area contributed by atoms with Crippen molar-refractivity contribution in [2.24, 2.45) is 0 Å². The Hall–Kier alpha value is -0.920. The quantitative estimate of drug-likeness (QED) is 0.795. The molecular weight excluding hydrogens is 294 g/mol. The van der Waals surface area contributed by atoms with E-state index in [0.717, 1.165) is 12.0 Å². The van der Waals surface area contributed by atoms with Crippen LogP contribution in [0.15, 0.2) is 22.0 Å². The largest absolute Gasteiger partial charge is 0.301 e. The second kappa shape index (κ2) is 5.38. The van der Waals surface area contributed by atoms with E-state index in [2.05, 4.69) is 10.2 Å². The maximum Gasteiger partial charge on any atom is 0.296 e. The van der Waals surface area contributed by atoms with Gasteiger partial charge in [-0.05, 0) is 28.8 Å². The zero-order valence-electron chi connectivity index (χ0n) is 9.71. The van der Waals surface area contributed by atoms with Crippen molar-refractivity contribution in [2.45, 2.75) is 31.5 Å². The number of hydrogen-bond acceptors (Lipinski definition) is 5. The maximum atomic E-state index is 11.4. The molecule has 0 N–H and O–H groups in total. The molecule has 2 aromatic rings. The third kappa shape index (κ3) is 2.90. The molecule has 18 heavy (non-hydrogen) atoms. The summed E-state index contributed by atoms with van der Waals surface area (Å²) in [7, 11) is 1.50. The summed E-state index contributed by atoms with van der Waals surface area (Å²) in [6, 6.07) is 1.98. The topological polar surface area (TPSA) is 64.8 Å². The molecule has 2 aromatic heterocycles. The van der Waals surface area contributed by atoms with Crippen LogP contribution in [0.1, 0.15) is 24.7 Å². The van der Waals surface area contributed by atoms with E-state index in [1.165, 1.54) is 0 Å². The fourth-order valence-corrected chi connectivity index (χ4v) is 3.26. The van der Waals surface area contributed by atoms with Crippen LogP contribution in [-0.4, -0.2) is 23.2 Å². The lowest BCUT2D eigenvalue weighted by molar-refractivity contribution is 0.558. The molecular formula is C10H12ClN3O2S2. The second-order valence-electron chi connectivity index (χ2n) is 3.80. The van der Waals surface area contributed by atoms with Gasteiger partial charge in [-0.1, -0.05) is 6.92 Å². The lowest BCUT2D eigenvalue weighted by atomic mass is 10.2. The highest BCUT2D eigenvalue weighted by atomic mass is 35.7. The number of nitrogens with zero attached hydrogens (tertiary/aromatic N) is 3.